The number of rotatable bonds is 8. The van der Waals surface area contributed by atoms with Gasteiger partial charge in [0, 0.05) is 11.4 Å². The van der Waals surface area contributed by atoms with Gasteiger partial charge in [-0.05, 0) is 54.7 Å². The molecule has 0 aliphatic carbocycles. The molecule has 23 heavy (non-hydrogen) atoms. The molecule has 0 spiro atoms. The summed E-state index contributed by atoms with van der Waals surface area (Å²) in [5, 5.41) is 0. The van der Waals surface area contributed by atoms with Gasteiger partial charge in [0.1, 0.15) is 0 Å². The first-order valence-electron chi connectivity index (χ1n) is 8.39. The van der Waals surface area contributed by atoms with Crippen LogP contribution in [0.1, 0.15) is 49.2 Å². The van der Waals surface area contributed by atoms with Crippen molar-refractivity contribution < 1.29 is 9.47 Å². The molecule has 1 aromatic heterocycles. The van der Waals surface area contributed by atoms with Crippen molar-refractivity contribution in [3.05, 3.63) is 52.8 Å². The van der Waals surface area contributed by atoms with E-state index in [1.54, 1.807) is 14.2 Å². The van der Waals surface area contributed by atoms with Crippen molar-refractivity contribution >= 4 is 0 Å². The summed E-state index contributed by atoms with van der Waals surface area (Å²) in [5.74, 6) is 1.55. The van der Waals surface area contributed by atoms with E-state index in [1.807, 2.05) is 6.07 Å². The van der Waals surface area contributed by atoms with Gasteiger partial charge in [-0.2, -0.15) is 0 Å². The Balaban J connectivity index is 2.27. The third-order valence-corrected chi connectivity index (χ3v) is 3.86. The van der Waals surface area contributed by atoms with Crippen molar-refractivity contribution in [2.24, 2.45) is 0 Å². The molecule has 0 atom stereocenters. The van der Waals surface area contributed by atoms with Crippen LogP contribution in [0.25, 0.3) is 0 Å². The molecule has 0 aliphatic heterocycles. The van der Waals surface area contributed by atoms with Gasteiger partial charge in [0.2, 0.25) is 0 Å². The molecule has 2 aromatic rings. The fraction of sp³-hybridized carbons (Fsp3) is 0.450. The number of benzene rings is 1. The van der Waals surface area contributed by atoms with Gasteiger partial charge in [0.15, 0.2) is 11.5 Å². The normalized spacial score (nSPS) is 10.6. The number of hydrogen-bond donors (Lipinski definition) is 0. The first-order chi connectivity index (χ1) is 11.2. The lowest BCUT2D eigenvalue weighted by Gasteiger charge is -2.11. The Morgan fingerprint density at radius 1 is 0.783 bits per heavy atom. The molecule has 124 valence electrons. The van der Waals surface area contributed by atoms with Crippen LogP contribution in [-0.4, -0.2) is 19.2 Å². The molecule has 0 bridgehead atoms. The standard InChI is InChI=1S/C20H27NO2/c1-5-7-17-12-16(13-18(21-17)8-6-2)11-15-9-10-19(22-3)20(14-15)23-4/h9-10,12-14H,5-8,11H2,1-4H3. The number of methoxy groups -OCH3 is 2. The van der Waals surface area contributed by atoms with Crippen molar-refractivity contribution in [1.82, 2.24) is 4.98 Å². The zero-order valence-corrected chi connectivity index (χ0v) is 14.7. The zero-order valence-electron chi connectivity index (χ0n) is 14.7. The maximum absolute atomic E-state index is 5.40. The van der Waals surface area contributed by atoms with E-state index in [1.165, 1.54) is 22.5 Å². The Morgan fingerprint density at radius 2 is 1.39 bits per heavy atom. The van der Waals surface area contributed by atoms with E-state index in [9.17, 15) is 0 Å². The molecule has 0 aliphatic rings. The van der Waals surface area contributed by atoms with Crippen LogP contribution < -0.4 is 9.47 Å². The minimum absolute atomic E-state index is 0.768. The van der Waals surface area contributed by atoms with Gasteiger partial charge in [-0.1, -0.05) is 32.8 Å². The molecule has 1 aromatic carbocycles. The summed E-state index contributed by atoms with van der Waals surface area (Å²) in [6.45, 7) is 4.39. The van der Waals surface area contributed by atoms with E-state index in [4.69, 9.17) is 14.5 Å². The van der Waals surface area contributed by atoms with Crippen LogP contribution >= 0.6 is 0 Å². The average Bonchev–Trinajstić information content (AvgIpc) is 2.55. The SMILES string of the molecule is CCCc1cc(Cc2ccc(OC)c(OC)c2)cc(CCC)n1. The monoisotopic (exact) mass is 313 g/mol. The Morgan fingerprint density at radius 3 is 1.91 bits per heavy atom. The molecule has 0 fully saturated rings. The van der Waals surface area contributed by atoms with Crippen molar-refractivity contribution in [3.63, 3.8) is 0 Å². The van der Waals surface area contributed by atoms with Gasteiger partial charge in [0.05, 0.1) is 14.2 Å². The van der Waals surface area contributed by atoms with Crippen LogP contribution in [0.2, 0.25) is 0 Å². The number of aromatic nitrogens is 1. The molecule has 1 heterocycles. The van der Waals surface area contributed by atoms with E-state index in [0.29, 0.717) is 0 Å². The smallest absolute Gasteiger partial charge is 0.160 e. The number of aryl methyl sites for hydroxylation is 2. The van der Waals surface area contributed by atoms with Crippen molar-refractivity contribution in [2.45, 2.75) is 46.0 Å². The molecule has 0 saturated carbocycles. The average molecular weight is 313 g/mol. The second-order valence-corrected chi connectivity index (χ2v) is 5.82. The van der Waals surface area contributed by atoms with E-state index < -0.39 is 0 Å². The first-order valence-corrected chi connectivity index (χ1v) is 8.39. The fourth-order valence-corrected chi connectivity index (χ4v) is 2.82. The Hall–Kier alpha value is -2.03. The van der Waals surface area contributed by atoms with Crippen LogP contribution in [0.15, 0.2) is 30.3 Å². The van der Waals surface area contributed by atoms with Crippen LogP contribution in [0.3, 0.4) is 0 Å². The molecule has 0 radical (unpaired) electrons. The highest BCUT2D eigenvalue weighted by Crippen LogP contribution is 2.28. The minimum Gasteiger partial charge on any atom is -0.493 e. The number of ether oxygens (including phenoxy) is 2. The van der Waals surface area contributed by atoms with Crippen LogP contribution in [0, 0.1) is 0 Å². The van der Waals surface area contributed by atoms with Gasteiger partial charge < -0.3 is 9.47 Å². The fourth-order valence-electron chi connectivity index (χ4n) is 2.82. The van der Waals surface area contributed by atoms with Gasteiger partial charge in [0.25, 0.3) is 0 Å². The minimum atomic E-state index is 0.768. The lowest BCUT2D eigenvalue weighted by atomic mass is 10.0. The van der Waals surface area contributed by atoms with E-state index in [-0.39, 0.29) is 0 Å². The predicted octanol–water partition coefficient (Wildman–Crippen LogP) is 4.59. The topological polar surface area (TPSA) is 31.4 Å². The summed E-state index contributed by atoms with van der Waals surface area (Å²) in [5.41, 5.74) is 4.95. The third-order valence-electron chi connectivity index (χ3n) is 3.86. The van der Waals surface area contributed by atoms with Crippen molar-refractivity contribution in [2.75, 3.05) is 14.2 Å². The Labute approximate surface area is 139 Å². The van der Waals surface area contributed by atoms with Gasteiger partial charge in [-0.15, -0.1) is 0 Å². The molecular formula is C20H27NO2. The Bertz CT molecular complexity index is 613. The van der Waals surface area contributed by atoms with E-state index >= 15 is 0 Å². The summed E-state index contributed by atoms with van der Waals surface area (Å²) >= 11 is 0. The number of pyridine rings is 1. The van der Waals surface area contributed by atoms with Crippen molar-refractivity contribution in [1.29, 1.82) is 0 Å². The molecule has 0 unspecified atom stereocenters. The second-order valence-electron chi connectivity index (χ2n) is 5.82. The molecule has 0 N–H and O–H groups in total. The largest absolute Gasteiger partial charge is 0.493 e. The molecule has 3 nitrogen and oxygen atoms in total. The molecule has 3 heteroatoms. The van der Waals surface area contributed by atoms with Crippen LogP contribution in [0.4, 0.5) is 0 Å². The zero-order chi connectivity index (χ0) is 16.7. The van der Waals surface area contributed by atoms with Crippen LogP contribution in [-0.2, 0) is 19.3 Å². The summed E-state index contributed by atoms with van der Waals surface area (Å²) in [7, 11) is 3.33. The van der Waals surface area contributed by atoms with E-state index in [2.05, 4.69) is 38.1 Å². The lowest BCUT2D eigenvalue weighted by Crippen LogP contribution is -2.00. The van der Waals surface area contributed by atoms with Gasteiger partial charge in [-0.25, -0.2) is 0 Å². The summed E-state index contributed by atoms with van der Waals surface area (Å²) < 4.78 is 10.7. The highest BCUT2D eigenvalue weighted by molar-refractivity contribution is 5.44. The highest BCUT2D eigenvalue weighted by atomic mass is 16.5. The van der Waals surface area contributed by atoms with Gasteiger partial charge in [-0.3, -0.25) is 4.98 Å². The molecule has 0 amide bonds. The van der Waals surface area contributed by atoms with E-state index in [0.717, 1.165) is 43.6 Å². The quantitative estimate of drug-likeness (QED) is 0.714. The summed E-state index contributed by atoms with van der Waals surface area (Å²) in [6, 6.07) is 10.6. The maximum Gasteiger partial charge on any atom is 0.160 e. The van der Waals surface area contributed by atoms with Crippen LogP contribution in [0.5, 0.6) is 11.5 Å². The lowest BCUT2D eigenvalue weighted by molar-refractivity contribution is 0.354. The summed E-state index contributed by atoms with van der Waals surface area (Å²) in [4.78, 5) is 4.77. The third kappa shape index (κ3) is 4.72. The first kappa shape index (κ1) is 17.3. The Kier molecular flexibility index (Phi) is 6.45. The van der Waals surface area contributed by atoms with Crippen molar-refractivity contribution in [3.8, 4) is 11.5 Å². The molecule has 0 saturated heterocycles. The predicted molar refractivity (Wildman–Crippen MR) is 94.6 cm³/mol. The number of nitrogens with zero attached hydrogens (tertiary/aromatic N) is 1. The second kappa shape index (κ2) is 8.56. The maximum atomic E-state index is 5.40. The number of hydrogen-bond acceptors (Lipinski definition) is 3. The molecular weight excluding hydrogens is 286 g/mol. The highest BCUT2D eigenvalue weighted by Gasteiger charge is 2.07. The van der Waals surface area contributed by atoms with Gasteiger partial charge >= 0.3 is 0 Å². The summed E-state index contributed by atoms with van der Waals surface area (Å²) in [6.07, 6.45) is 5.21. The molecule has 2 rings (SSSR count).